The van der Waals surface area contributed by atoms with Gasteiger partial charge in [0, 0.05) is 23.7 Å². The van der Waals surface area contributed by atoms with Crippen LogP contribution in [0.2, 0.25) is 5.02 Å². The molecule has 2 aromatic carbocycles. The largest absolute Gasteiger partial charge is 0.493 e. The van der Waals surface area contributed by atoms with Gasteiger partial charge in [-0.3, -0.25) is 9.59 Å². The molecule has 162 valence electrons. The molecule has 1 aliphatic rings. The summed E-state index contributed by atoms with van der Waals surface area (Å²) in [7, 11) is 6.93. The molecule has 3 aromatic rings. The standard InChI is InChI=1S/C23H23ClN2O5/c1-25(2)10-11-26-19(14-6-5-7-17(29-3)21(14)30-4)18-20(27)15-12-13(24)8-9-16(15)31-22(18)23(26)28/h5-9,12,19H,10-11H2,1-4H3. The van der Waals surface area contributed by atoms with Gasteiger partial charge in [0.05, 0.1) is 31.2 Å². The Kier molecular flexibility index (Phi) is 5.64. The summed E-state index contributed by atoms with van der Waals surface area (Å²) in [5.74, 6) is 0.701. The molecule has 0 fully saturated rings. The maximum Gasteiger partial charge on any atom is 0.290 e. The molecule has 0 bridgehead atoms. The van der Waals surface area contributed by atoms with Crippen LogP contribution >= 0.6 is 11.6 Å². The molecule has 4 rings (SSSR count). The van der Waals surface area contributed by atoms with Crippen molar-refractivity contribution < 1.29 is 18.7 Å². The van der Waals surface area contributed by atoms with Crippen LogP contribution in [0.4, 0.5) is 0 Å². The second-order valence-corrected chi connectivity index (χ2v) is 8.04. The summed E-state index contributed by atoms with van der Waals surface area (Å²) in [5, 5.41) is 0.754. The highest BCUT2D eigenvalue weighted by Crippen LogP contribution is 2.44. The molecule has 8 heteroatoms. The first-order valence-electron chi connectivity index (χ1n) is 9.80. The quantitative estimate of drug-likeness (QED) is 0.581. The van der Waals surface area contributed by atoms with Crippen molar-refractivity contribution in [2.75, 3.05) is 41.4 Å². The Morgan fingerprint density at radius 3 is 2.58 bits per heavy atom. The van der Waals surface area contributed by atoms with Gasteiger partial charge < -0.3 is 23.7 Å². The molecule has 1 aliphatic heterocycles. The molecule has 0 aliphatic carbocycles. The van der Waals surface area contributed by atoms with E-state index in [1.54, 1.807) is 36.3 Å². The van der Waals surface area contributed by atoms with Gasteiger partial charge in [0.15, 0.2) is 16.9 Å². The van der Waals surface area contributed by atoms with E-state index in [1.165, 1.54) is 7.11 Å². The summed E-state index contributed by atoms with van der Waals surface area (Å²) < 4.78 is 17.0. The average Bonchev–Trinajstić information content (AvgIpc) is 3.03. The highest BCUT2D eigenvalue weighted by atomic mass is 35.5. The Balaban J connectivity index is 2.00. The second kappa shape index (κ2) is 8.24. The third-order valence-corrected chi connectivity index (χ3v) is 5.68. The number of ether oxygens (including phenoxy) is 2. The molecule has 0 saturated heterocycles. The minimum absolute atomic E-state index is 0.0495. The van der Waals surface area contributed by atoms with Gasteiger partial charge in [0.25, 0.3) is 5.91 Å². The van der Waals surface area contributed by atoms with Crippen LogP contribution in [0, 0.1) is 0 Å². The second-order valence-electron chi connectivity index (χ2n) is 7.60. The van der Waals surface area contributed by atoms with E-state index < -0.39 is 6.04 Å². The number of carbonyl (C=O) groups excluding carboxylic acids is 1. The zero-order valence-electron chi connectivity index (χ0n) is 17.8. The number of hydrogen-bond donors (Lipinski definition) is 0. The van der Waals surface area contributed by atoms with Crippen molar-refractivity contribution in [3.05, 3.63) is 68.5 Å². The molecule has 1 amide bonds. The Morgan fingerprint density at radius 1 is 1.13 bits per heavy atom. The Bertz CT molecular complexity index is 1220. The maximum atomic E-state index is 13.6. The van der Waals surface area contributed by atoms with E-state index in [1.807, 2.05) is 31.1 Å². The first kappa shape index (κ1) is 21.2. The number of hydrogen-bond acceptors (Lipinski definition) is 6. The molecule has 31 heavy (non-hydrogen) atoms. The molecule has 0 spiro atoms. The number of rotatable bonds is 6. The number of carbonyl (C=O) groups is 1. The summed E-state index contributed by atoms with van der Waals surface area (Å²) >= 11 is 6.12. The van der Waals surface area contributed by atoms with Gasteiger partial charge in [-0.25, -0.2) is 0 Å². The Hall–Kier alpha value is -3.03. The van der Waals surface area contributed by atoms with Gasteiger partial charge in [-0.05, 0) is 38.4 Å². The lowest BCUT2D eigenvalue weighted by Crippen LogP contribution is -2.35. The monoisotopic (exact) mass is 442 g/mol. The number of amides is 1. The zero-order valence-corrected chi connectivity index (χ0v) is 18.5. The van der Waals surface area contributed by atoms with Gasteiger partial charge >= 0.3 is 0 Å². The fraction of sp³-hybridized carbons (Fsp3) is 0.304. The topological polar surface area (TPSA) is 72.2 Å². The molecular formula is C23H23ClN2O5. The van der Waals surface area contributed by atoms with Gasteiger partial charge in [-0.15, -0.1) is 0 Å². The van der Waals surface area contributed by atoms with Gasteiger partial charge in [0.2, 0.25) is 5.76 Å². The van der Waals surface area contributed by atoms with Crippen molar-refractivity contribution >= 4 is 28.5 Å². The van der Waals surface area contributed by atoms with Crippen LogP contribution in [0.1, 0.15) is 27.7 Å². The lowest BCUT2D eigenvalue weighted by atomic mass is 9.97. The van der Waals surface area contributed by atoms with E-state index >= 15 is 0 Å². The first-order chi connectivity index (χ1) is 14.9. The van der Waals surface area contributed by atoms with Crippen molar-refractivity contribution in [2.45, 2.75) is 6.04 Å². The fourth-order valence-corrected chi connectivity index (χ4v) is 4.15. The van der Waals surface area contributed by atoms with E-state index in [4.69, 9.17) is 25.5 Å². The molecule has 0 saturated carbocycles. The summed E-state index contributed by atoms with van der Waals surface area (Å²) in [6, 6.07) is 9.54. The normalized spacial score (nSPS) is 15.6. The van der Waals surface area contributed by atoms with Crippen molar-refractivity contribution in [2.24, 2.45) is 0 Å². The number of para-hydroxylation sites is 1. The highest BCUT2D eigenvalue weighted by Gasteiger charge is 2.44. The molecule has 2 heterocycles. The summed E-state index contributed by atoms with van der Waals surface area (Å²) in [5.41, 5.74) is 0.980. The number of likely N-dealkylation sites (N-methyl/N-ethyl adjacent to an activating group) is 1. The highest BCUT2D eigenvalue weighted by molar-refractivity contribution is 6.31. The number of halogens is 1. The van der Waals surface area contributed by atoms with Crippen LogP contribution in [0.5, 0.6) is 11.5 Å². The van der Waals surface area contributed by atoms with Crippen molar-refractivity contribution in [1.29, 1.82) is 0 Å². The van der Waals surface area contributed by atoms with Gasteiger partial charge in [-0.2, -0.15) is 0 Å². The number of methoxy groups -OCH3 is 2. The van der Waals surface area contributed by atoms with Crippen LogP contribution < -0.4 is 14.9 Å². The molecule has 1 unspecified atom stereocenters. The molecule has 0 radical (unpaired) electrons. The van der Waals surface area contributed by atoms with Crippen molar-refractivity contribution in [1.82, 2.24) is 9.80 Å². The average molecular weight is 443 g/mol. The van der Waals surface area contributed by atoms with Crippen molar-refractivity contribution in [3.8, 4) is 11.5 Å². The SMILES string of the molecule is COc1cccc(C2c3c(oc4ccc(Cl)cc4c3=O)C(=O)N2CCN(C)C)c1OC. The smallest absolute Gasteiger partial charge is 0.290 e. The zero-order chi connectivity index (χ0) is 22.3. The molecule has 0 N–H and O–H groups in total. The lowest BCUT2D eigenvalue weighted by molar-refractivity contribution is 0.0715. The van der Waals surface area contributed by atoms with E-state index in [9.17, 15) is 9.59 Å². The third kappa shape index (κ3) is 3.54. The van der Waals surface area contributed by atoms with Crippen LogP contribution in [0.3, 0.4) is 0 Å². The first-order valence-corrected chi connectivity index (χ1v) is 10.2. The third-order valence-electron chi connectivity index (χ3n) is 5.44. The number of nitrogens with zero attached hydrogens (tertiary/aromatic N) is 2. The summed E-state index contributed by atoms with van der Waals surface area (Å²) in [6.07, 6.45) is 0. The predicted octanol–water partition coefficient (Wildman–Crippen LogP) is 3.57. The Labute approximate surface area is 184 Å². The molecule has 1 atom stereocenters. The van der Waals surface area contributed by atoms with Crippen molar-refractivity contribution in [3.63, 3.8) is 0 Å². The molecular weight excluding hydrogens is 420 g/mol. The minimum Gasteiger partial charge on any atom is -0.493 e. The minimum atomic E-state index is -0.674. The van der Waals surface area contributed by atoms with E-state index in [-0.39, 0.29) is 22.7 Å². The van der Waals surface area contributed by atoms with Gasteiger partial charge in [0.1, 0.15) is 5.58 Å². The molecule has 7 nitrogen and oxygen atoms in total. The van der Waals surface area contributed by atoms with Crippen LogP contribution in [0.25, 0.3) is 11.0 Å². The Morgan fingerprint density at radius 2 is 1.90 bits per heavy atom. The van der Waals surface area contributed by atoms with Crippen LogP contribution in [-0.4, -0.2) is 57.1 Å². The lowest BCUT2D eigenvalue weighted by Gasteiger charge is -2.28. The van der Waals surface area contributed by atoms with E-state index in [0.29, 0.717) is 46.1 Å². The van der Waals surface area contributed by atoms with Gasteiger partial charge in [-0.1, -0.05) is 23.7 Å². The van der Waals surface area contributed by atoms with E-state index in [0.717, 1.165) is 0 Å². The predicted molar refractivity (Wildman–Crippen MR) is 118 cm³/mol. The number of benzene rings is 2. The van der Waals surface area contributed by atoms with Crippen LogP contribution in [0.15, 0.2) is 45.6 Å². The summed E-state index contributed by atoms with van der Waals surface area (Å²) in [4.78, 5) is 30.6. The number of fused-ring (bicyclic) bond motifs is 2. The maximum absolute atomic E-state index is 13.6. The fourth-order valence-electron chi connectivity index (χ4n) is 3.98. The summed E-state index contributed by atoms with van der Waals surface area (Å²) in [6.45, 7) is 1.01. The molecule has 1 aromatic heterocycles. The van der Waals surface area contributed by atoms with Crippen LogP contribution in [-0.2, 0) is 0 Å². The van der Waals surface area contributed by atoms with E-state index in [2.05, 4.69) is 0 Å².